The second-order valence-electron chi connectivity index (χ2n) is 4.64. The molecule has 1 saturated heterocycles. The van der Waals surface area contributed by atoms with Crippen molar-refractivity contribution in [3.05, 3.63) is 24.0 Å². The van der Waals surface area contributed by atoms with Gasteiger partial charge in [-0.2, -0.15) is 0 Å². The minimum Gasteiger partial charge on any atom is -0.386 e. The van der Waals surface area contributed by atoms with Gasteiger partial charge in [0.2, 0.25) is 0 Å². The predicted octanol–water partition coefficient (Wildman–Crippen LogP) is 0.382. The maximum absolute atomic E-state index is 12.4. The lowest BCUT2D eigenvalue weighted by molar-refractivity contribution is 0.0748. The van der Waals surface area contributed by atoms with Gasteiger partial charge in [0.1, 0.15) is 0 Å². The number of nitrogens with zero attached hydrogens (tertiary/aromatic N) is 2. The SMILES string of the molecule is CNc1cnccc1C(=O)N(C)C1CCS(=O)(=O)C1. The smallest absolute Gasteiger partial charge is 0.256 e. The molecule has 2 rings (SSSR count). The number of anilines is 1. The summed E-state index contributed by atoms with van der Waals surface area (Å²) < 4.78 is 22.9. The molecule has 1 aliphatic heterocycles. The van der Waals surface area contributed by atoms with Gasteiger partial charge in [0.15, 0.2) is 9.84 Å². The number of aromatic nitrogens is 1. The average Bonchev–Trinajstić information content (AvgIpc) is 2.77. The highest BCUT2D eigenvalue weighted by molar-refractivity contribution is 7.91. The molecule has 1 aliphatic rings. The molecular formula is C12H17N3O3S. The Bertz CT molecular complexity index is 586. The van der Waals surface area contributed by atoms with Crippen LogP contribution in [0.15, 0.2) is 18.5 Å². The van der Waals surface area contributed by atoms with E-state index in [4.69, 9.17) is 0 Å². The lowest BCUT2D eigenvalue weighted by Crippen LogP contribution is -2.38. The van der Waals surface area contributed by atoms with Crippen LogP contribution in [0, 0.1) is 0 Å². The third-order valence-electron chi connectivity index (χ3n) is 3.40. The number of rotatable bonds is 3. The van der Waals surface area contributed by atoms with Crippen LogP contribution in [0.1, 0.15) is 16.8 Å². The first-order valence-corrected chi connectivity index (χ1v) is 7.86. The summed E-state index contributed by atoms with van der Waals surface area (Å²) in [6.45, 7) is 0. The minimum atomic E-state index is -2.99. The molecule has 0 aliphatic carbocycles. The van der Waals surface area contributed by atoms with E-state index in [1.54, 1.807) is 32.6 Å². The summed E-state index contributed by atoms with van der Waals surface area (Å²) in [5.74, 6) is 0.0218. The maximum atomic E-state index is 12.4. The van der Waals surface area contributed by atoms with E-state index >= 15 is 0 Å². The van der Waals surface area contributed by atoms with E-state index in [0.717, 1.165) is 0 Å². The molecule has 104 valence electrons. The number of pyridine rings is 1. The number of carbonyl (C=O) groups excluding carboxylic acids is 1. The van der Waals surface area contributed by atoms with Crippen molar-refractivity contribution in [2.45, 2.75) is 12.5 Å². The van der Waals surface area contributed by atoms with Crippen LogP contribution >= 0.6 is 0 Å². The number of amides is 1. The first-order valence-electron chi connectivity index (χ1n) is 6.04. The summed E-state index contributed by atoms with van der Waals surface area (Å²) in [7, 11) is 0.369. The molecule has 1 amide bonds. The molecular weight excluding hydrogens is 266 g/mol. The van der Waals surface area contributed by atoms with Crippen molar-refractivity contribution in [3.63, 3.8) is 0 Å². The van der Waals surface area contributed by atoms with Crippen LogP contribution in [-0.2, 0) is 9.84 Å². The molecule has 0 spiro atoms. The van der Waals surface area contributed by atoms with Gasteiger partial charge in [-0.25, -0.2) is 8.42 Å². The average molecular weight is 283 g/mol. The maximum Gasteiger partial charge on any atom is 0.256 e. The molecule has 6 nitrogen and oxygen atoms in total. The fraction of sp³-hybridized carbons (Fsp3) is 0.500. The minimum absolute atomic E-state index is 0.0508. The zero-order chi connectivity index (χ0) is 14.0. The van der Waals surface area contributed by atoms with Crippen LogP contribution in [-0.4, -0.2) is 55.9 Å². The Labute approximate surface area is 112 Å². The van der Waals surface area contributed by atoms with Crippen molar-refractivity contribution < 1.29 is 13.2 Å². The molecule has 1 N–H and O–H groups in total. The third-order valence-corrected chi connectivity index (χ3v) is 5.15. The van der Waals surface area contributed by atoms with Crippen LogP contribution in [0.25, 0.3) is 0 Å². The number of hydrogen-bond donors (Lipinski definition) is 1. The number of nitrogens with one attached hydrogen (secondary N) is 1. The first-order chi connectivity index (χ1) is 8.94. The third kappa shape index (κ3) is 2.86. The Morgan fingerprint density at radius 2 is 2.26 bits per heavy atom. The van der Waals surface area contributed by atoms with Crippen molar-refractivity contribution in [1.29, 1.82) is 0 Å². The Hall–Kier alpha value is -1.63. The molecule has 1 aromatic rings. The second kappa shape index (κ2) is 5.16. The zero-order valence-corrected chi connectivity index (χ0v) is 11.8. The Balaban J connectivity index is 2.20. The van der Waals surface area contributed by atoms with E-state index in [0.29, 0.717) is 17.7 Å². The van der Waals surface area contributed by atoms with Gasteiger partial charge in [0, 0.05) is 26.3 Å². The largest absolute Gasteiger partial charge is 0.386 e. The van der Waals surface area contributed by atoms with Crippen molar-refractivity contribution in [2.75, 3.05) is 30.9 Å². The van der Waals surface area contributed by atoms with Crippen LogP contribution in [0.3, 0.4) is 0 Å². The fourth-order valence-corrected chi connectivity index (χ4v) is 3.99. The van der Waals surface area contributed by atoms with Gasteiger partial charge in [-0.05, 0) is 12.5 Å². The van der Waals surface area contributed by atoms with Gasteiger partial charge in [0.25, 0.3) is 5.91 Å². The molecule has 1 atom stereocenters. The monoisotopic (exact) mass is 283 g/mol. The molecule has 1 unspecified atom stereocenters. The van der Waals surface area contributed by atoms with Crippen molar-refractivity contribution in [2.24, 2.45) is 0 Å². The fourth-order valence-electron chi connectivity index (χ4n) is 2.22. The van der Waals surface area contributed by atoms with Gasteiger partial charge in [0.05, 0.1) is 29.0 Å². The van der Waals surface area contributed by atoms with Gasteiger partial charge >= 0.3 is 0 Å². The Morgan fingerprint density at radius 3 is 2.84 bits per heavy atom. The highest BCUT2D eigenvalue weighted by Gasteiger charge is 2.33. The van der Waals surface area contributed by atoms with Crippen LogP contribution in [0.4, 0.5) is 5.69 Å². The van der Waals surface area contributed by atoms with Crippen molar-refractivity contribution in [3.8, 4) is 0 Å². The number of sulfone groups is 1. The van der Waals surface area contributed by atoms with Gasteiger partial charge in [-0.3, -0.25) is 9.78 Å². The zero-order valence-electron chi connectivity index (χ0n) is 11.0. The highest BCUT2D eigenvalue weighted by Crippen LogP contribution is 2.21. The normalized spacial score (nSPS) is 21.1. The van der Waals surface area contributed by atoms with E-state index in [2.05, 4.69) is 10.3 Å². The Kier molecular flexibility index (Phi) is 3.75. The first kappa shape index (κ1) is 13.8. The summed E-state index contributed by atoms with van der Waals surface area (Å²) >= 11 is 0. The number of carbonyl (C=O) groups is 1. The van der Waals surface area contributed by atoms with E-state index in [9.17, 15) is 13.2 Å². The lowest BCUT2D eigenvalue weighted by atomic mass is 10.1. The molecule has 0 aromatic carbocycles. The van der Waals surface area contributed by atoms with Crippen LogP contribution < -0.4 is 5.32 Å². The van der Waals surface area contributed by atoms with Gasteiger partial charge in [-0.1, -0.05) is 0 Å². The molecule has 0 bridgehead atoms. The topological polar surface area (TPSA) is 79.4 Å². The molecule has 1 fully saturated rings. The Morgan fingerprint density at radius 1 is 1.53 bits per heavy atom. The summed E-state index contributed by atoms with van der Waals surface area (Å²) in [5, 5.41) is 2.91. The summed E-state index contributed by atoms with van der Waals surface area (Å²) in [5.41, 5.74) is 1.14. The summed E-state index contributed by atoms with van der Waals surface area (Å²) in [6, 6.07) is 1.39. The molecule has 19 heavy (non-hydrogen) atoms. The highest BCUT2D eigenvalue weighted by atomic mass is 32.2. The quantitative estimate of drug-likeness (QED) is 0.867. The molecule has 0 radical (unpaired) electrons. The van der Waals surface area contributed by atoms with E-state index in [-0.39, 0.29) is 23.5 Å². The number of hydrogen-bond acceptors (Lipinski definition) is 5. The van der Waals surface area contributed by atoms with Crippen LogP contribution in [0.5, 0.6) is 0 Å². The standard InChI is InChI=1S/C12H17N3O3S/c1-13-11-7-14-5-3-10(11)12(16)15(2)9-4-6-19(17,18)8-9/h3,5,7,9,13H,4,6,8H2,1-2H3. The lowest BCUT2D eigenvalue weighted by Gasteiger charge is -2.24. The van der Waals surface area contributed by atoms with E-state index in [1.807, 2.05) is 0 Å². The van der Waals surface area contributed by atoms with E-state index in [1.165, 1.54) is 4.90 Å². The van der Waals surface area contributed by atoms with E-state index < -0.39 is 9.84 Å². The molecule has 0 saturated carbocycles. The molecule has 7 heteroatoms. The van der Waals surface area contributed by atoms with Crippen molar-refractivity contribution in [1.82, 2.24) is 9.88 Å². The molecule has 1 aromatic heterocycles. The van der Waals surface area contributed by atoms with Gasteiger partial charge < -0.3 is 10.2 Å². The van der Waals surface area contributed by atoms with Gasteiger partial charge in [-0.15, -0.1) is 0 Å². The summed E-state index contributed by atoms with van der Waals surface area (Å²) in [4.78, 5) is 17.8. The second-order valence-corrected chi connectivity index (χ2v) is 6.87. The molecule has 2 heterocycles. The van der Waals surface area contributed by atoms with Crippen LogP contribution in [0.2, 0.25) is 0 Å². The van der Waals surface area contributed by atoms with Crippen molar-refractivity contribution >= 4 is 21.4 Å². The summed E-state index contributed by atoms with van der Waals surface area (Å²) in [6.07, 6.45) is 3.63. The predicted molar refractivity (Wildman–Crippen MR) is 72.9 cm³/mol.